The van der Waals surface area contributed by atoms with Crippen LogP contribution >= 0.6 is 11.6 Å². The van der Waals surface area contributed by atoms with E-state index in [0.717, 1.165) is 5.56 Å². The summed E-state index contributed by atoms with van der Waals surface area (Å²) >= 11 is 5.98. The summed E-state index contributed by atoms with van der Waals surface area (Å²) in [6.07, 6.45) is -1.39. The third-order valence-electron chi connectivity index (χ3n) is 4.39. The molecule has 0 saturated carbocycles. The summed E-state index contributed by atoms with van der Waals surface area (Å²) in [5.74, 6) is 0.406. The van der Waals surface area contributed by atoms with Crippen LogP contribution in [0.25, 0.3) is 0 Å². The van der Waals surface area contributed by atoms with Crippen LogP contribution in [0.4, 0.5) is 4.79 Å². The highest BCUT2D eigenvalue weighted by Crippen LogP contribution is 2.38. The van der Waals surface area contributed by atoms with Crippen molar-refractivity contribution >= 4 is 17.8 Å². The average molecular weight is 370 g/mol. The molecule has 0 radical (unpaired) electrons. The minimum Gasteiger partial charge on any atom is -0.427 e. The van der Waals surface area contributed by atoms with Crippen LogP contribution in [0, 0.1) is 11.8 Å². The molecule has 1 heterocycles. The van der Waals surface area contributed by atoms with Gasteiger partial charge < -0.3 is 14.7 Å². The summed E-state index contributed by atoms with van der Waals surface area (Å²) in [6, 6.07) is 7.58. The van der Waals surface area contributed by atoms with Crippen LogP contribution in [-0.2, 0) is 9.57 Å². The molecular weight excluding hydrogens is 342 g/mol. The molecule has 1 N–H and O–H groups in total. The second kappa shape index (κ2) is 7.94. The van der Waals surface area contributed by atoms with E-state index in [1.807, 2.05) is 24.3 Å². The lowest BCUT2D eigenvalue weighted by Crippen LogP contribution is -2.50. The predicted octanol–water partition coefficient (Wildman–Crippen LogP) is 4.24. The zero-order valence-corrected chi connectivity index (χ0v) is 16.3. The van der Waals surface area contributed by atoms with Crippen molar-refractivity contribution in [2.75, 3.05) is 13.1 Å². The summed E-state index contributed by atoms with van der Waals surface area (Å²) in [4.78, 5) is 17.2. The molecule has 1 aromatic rings. The molecule has 0 amide bonds. The number of hydroxylamine groups is 2. The van der Waals surface area contributed by atoms with Crippen molar-refractivity contribution in [1.29, 1.82) is 0 Å². The molecule has 1 fully saturated rings. The van der Waals surface area contributed by atoms with Gasteiger partial charge in [0.1, 0.15) is 5.60 Å². The first-order valence-corrected chi connectivity index (χ1v) is 9.04. The van der Waals surface area contributed by atoms with Gasteiger partial charge in [0.05, 0.1) is 12.6 Å². The maximum absolute atomic E-state index is 11.9. The summed E-state index contributed by atoms with van der Waals surface area (Å²) in [6.45, 7) is 10.4. The van der Waals surface area contributed by atoms with Crippen molar-refractivity contribution in [3.05, 3.63) is 34.9 Å². The maximum Gasteiger partial charge on any atom is 0.528 e. The lowest BCUT2D eigenvalue weighted by atomic mass is 9.74. The van der Waals surface area contributed by atoms with Crippen molar-refractivity contribution < 1.29 is 19.5 Å². The molecule has 5 nitrogen and oxygen atoms in total. The summed E-state index contributed by atoms with van der Waals surface area (Å²) < 4.78 is 5.20. The van der Waals surface area contributed by atoms with Crippen LogP contribution in [0.2, 0.25) is 5.02 Å². The second-order valence-electron chi connectivity index (χ2n) is 7.96. The van der Waals surface area contributed by atoms with E-state index in [1.54, 1.807) is 20.8 Å². The minimum absolute atomic E-state index is 0.0317. The first-order chi connectivity index (χ1) is 11.6. The third kappa shape index (κ3) is 5.59. The maximum atomic E-state index is 11.9. The lowest BCUT2D eigenvalue weighted by molar-refractivity contribution is -0.185. The molecule has 3 unspecified atom stereocenters. The van der Waals surface area contributed by atoms with E-state index < -0.39 is 17.9 Å². The topological polar surface area (TPSA) is 59.0 Å². The minimum atomic E-state index is -0.743. The molecule has 140 valence electrons. The number of piperidine rings is 1. The molecule has 0 bridgehead atoms. The number of benzene rings is 1. The van der Waals surface area contributed by atoms with Gasteiger partial charge in [-0.05, 0) is 50.3 Å². The van der Waals surface area contributed by atoms with E-state index in [-0.39, 0.29) is 18.4 Å². The fraction of sp³-hybridized carbons (Fsp3) is 0.632. The van der Waals surface area contributed by atoms with E-state index in [0.29, 0.717) is 17.5 Å². The fourth-order valence-electron chi connectivity index (χ4n) is 3.26. The molecule has 1 aliphatic rings. The number of halogens is 1. The van der Waals surface area contributed by atoms with Crippen LogP contribution in [0.15, 0.2) is 24.3 Å². The molecule has 2 rings (SSSR count). The van der Waals surface area contributed by atoms with E-state index >= 15 is 0 Å². The highest BCUT2D eigenvalue weighted by atomic mass is 35.5. The van der Waals surface area contributed by atoms with E-state index in [2.05, 4.69) is 13.8 Å². The number of hydrogen-bond donors (Lipinski definition) is 1. The van der Waals surface area contributed by atoms with Gasteiger partial charge in [-0.25, -0.2) is 4.79 Å². The van der Waals surface area contributed by atoms with Gasteiger partial charge in [-0.2, -0.15) is 0 Å². The van der Waals surface area contributed by atoms with Gasteiger partial charge in [0.15, 0.2) is 0 Å². The molecule has 1 aliphatic heterocycles. The van der Waals surface area contributed by atoms with Crippen LogP contribution in [0.1, 0.15) is 46.1 Å². The van der Waals surface area contributed by atoms with Gasteiger partial charge in [0.25, 0.3) is 0 Å². The number of aliphatic hydroxyl groups excluding tert-OH is 1. The van der Waals surface area contributed by atoms with Gasteiger partial charge >= 0.3 is 6.16 Å². The Morgan fingerprint density at radius 3 is 2.36 bits per heavy atom. The summed E-state index contributed by atoms with van der Waals surface area (Å²) in [7, 11) is 0. The van der Waals surface area contributed by atoms with Crippen LogP contribution in [0.5, 0.6) is 0 Å². The molecular formula is C19H28ClNO4. The highest BCUT2D eigenvalue weighted by Gasteiger charge is 2.40. The second-order valence-corrected chi connectivity index (χ2v) is 8.39. The normalized spacial score (nSPS) is 25.0. The largest absolute Gasteiger partial charge is 0.528 e. The first-order valence-electron chi connectivity index (χ1n) is 8.66. The van der Waals surface area contributed by atoms with Crippen molar-refractivity contribution in [3.8, 4) is 0 Å². The number of hydrogen-bond acceptors (Lipinski definition) is 5. The molecule has 1 saturated heterocycles. The van der Waals surface area contributed by atoms with Crippen LogP contribution in [0.3, 0.4) is 0 Å². The van der Waals surface area contributed by atoms with Crippen molar-refractivity contribution in [2.24, 2.45) is 11.8 Å². The van der Waals surface area contributed by atoms with Crippen molar-refractivity contribution in [3.63, 3.8) is 0 Å². The Balaban J connectivity index is 2.12. The molecule has 0 spiro atoms. The average Bonchev–Trinajstić information content (AvgIpc) is 2.45. The quantitative estimate of drug-likeness (QED) is 0.807. The van der Waals surface area contributed by atoms with Gasteiger partial charge in [-0.15, -0.1) is 5.06 Å². The van der Waals surface area contributed by atoms with Gasteiger partial charge in [0.2, 0.25) is 0 Å². The monoisotopic (exact) mass is 369 g/mol. The summed E-state index contributed by atoms with van der Waals surface area (Å²) in [5.41, 5.74) is 0.432. The SMILES string of the molecule is CC(C)C1CN(OC(=O)OC(C)(C)C)CC(O)C1c1ccc(Cl)cc1. The molecule has 0 aromatic heterocycles. The smallest absolute Gasteiger partial charge is 0.427 e. The van der Waals surface area contributed by atoms with Crippen molar-refractivity contribution in [1.82, 2.24) is 5.06 Å². The van der Waals surface area contributed by atoms with Gasteiger partial charge in [-0.1, -0.05) is 37.6 Å². The Morgan fingerprint density at radius 1 is 1.24 bits per heavy atom. The first kappa shape index (κ1) is 20.0. The highest BCUT2D eigenvalue weighted by molar-refractivity contribution is 6.30. The number of carbonyl (C=O) groups excluding carboxylic acids is 1. The fourth-order valence-corrected chi connectivity index (χ4v) is 3.39. The molecule has 1 aromatic carbocycles. The number of aliphatic hydroxyl groups is 1. The standard InChI is InChI=1S/C19H28ClNO4/c1-12(2)15-10-21(25-18(23)24-19(3,4)5)11-16(22)17(15)13-6-8-14(20)9-7-13/h6-9,12,15-17,22H,10-11H2,1-5H3. The molecule has 6 heteroatoms. The number of β-amino-alcohol motifs (C(OH)–C–C–N with tert-alkyl or cyclic N) is 1. The summed E-state index contributed by atoms with van der Waals surface area (Å²) in [5, 5.41) is 12.9. The number of carbonyl (C=O) groups is 1. The third-order valence-corrected chi connectivity index (χ3v) is 4.64. The molecule has 0 aliphatic carbocycles. The Morgan fingerprint density at radius 2 is 1.84 bits per heavy atom. The van der Waals surface area contributed by atoms with Gasteiger partial charge in [-0.3, -0.25) is 0 Å². The van der Waals surface area contributed by atoms with Gasteiger partial charge in [0, 0.05) is 17.5 Å². The Labute approximate surface area is 154 Å². The van der Waals surface area contributed by atoms with Crippen LogP contribution in [-0.4, -0.2) is 41.1 Å². The molecule has 25 heavy (non-hydrogen) atoms. The number of nitrogens with zero attached hydrogens (tertiary/aromatic N) is 1. The predicted molar refractivity (Wildman–Crippen MR) is 97.4 cm³/mol. The van der Waals surface area contributed by atoms with Crippen LogP contribution < -0.4 is 0 Å². The Hall–Kier alpha value is -1.30. The number of ether oxygens (including phenoxy) is 1. The molecule has 3 atom stereocenters. The van der Waals surface area contributed by atoms with E-state index in [1.165, 1.54) is 5.06 Å². The lowest BCUT2D eigenvalue weighted by Gasteiger charge is -2.42. The Kier molecular flexibility index (Phi) is 6.35. The van der Waals surface area contributed by atoms with E-state index in [9.17, 15) is 9.90 Å². The van der Waals surface area contributed by atoms with Crippen molar-refractivity contribution in [2.45, 2.75) is 52.2 Å². The van der Waals surface area contributed by atoms with E-state index in [4.69, 9.17) is 21.2 Å². The number of rotatable bonds is 3. The Bertz CT molecular complexity index is 582. The zero-order chi connectivity index (χ0) is 18.8. The zero-order valence-electron chi connectivity index (χ0n) is 15.5.